The monoisotopic (exact) mass is 385 g/mol. The predicted octanol–water partition coefficient (Wildman–Crippen LogP) is 4.34. The Kier molecular flexibility index (Phi) is 3.32. The summed E-state index contributed by atoms with van der Waals surface area (Å²) < 4.78 is 11.8. The van der Waals surface area contributed by atoms with Crippen molar-refractivity contribution in [2.75, 3.05) is 18.0 Å². The number of carbonyl (C=O) groups is 1. The highest BCUT2D eigenvalue weighted by Gasteiger charge is 2.33. The number of pyridine rings is 1. The van der Waals surface area contributed by atoms with Crippen LogP contribution in [0.2, 0.25) is 0 Å². The fourth-order valence-electron chi connectivity index (χ4n) is 4.15. The molecule has 1 fully saturated rings. The van der Waals surface area contributed by atoms with E-state index in [1.165, 1.54) is 0 Å². The van der Waals surface area contributed by atoms with E-state index in [2.05, 4.69) is 11.0 Å². The molecule has 2 aliphatic heterocycles. The van der Waals surface area contributed by atoms with Crippen molar-refractivity contribution in [3.8, 4) is 17.0 Å². The van der Waals surface area contributed by atoms with E-state index in [-0.39, 0.29) is 5.92 Å². The van der Waals surface area contributed by atoms with Crippen LogP contribution in [0.25, 0.3) is 33.1 Å². The Bertz CT molecular complexity index is 1310. The number of anilines is 1. The van der Waals surface area contributed by atoms with Crippen LogP contribution in [0.3, 0.4) is 0 Å². The Morgan fingerprint density at radius 2 is 2.00 bits per heavy atom. The Morgan fingerprint density at radius 1 is 1.14 bits per heavy atom. The van der Waals surface area contributed by atoms with Crippen LogP contribution in [-0.2, 0) is 11.4 Å². The van der Waals surface area contributed by atoms with E-state index in [0.717, 1.165) is 50.1 Å². The summed E-state index contributed by atoms with van der Waals surface area (Å²) in [5.74, 6) is -0.254. The molecule has 2 aromatic heterocycles. The number of aromatic nitrogens is 1. The molecule has 0 unspecified atom stereocenters. The van der Waals surface area contributed by atoms with E-state index in [1.807, 2.05) is 42.5 Å². The second kappa shape index (κ2) is 5.91. The van der Waals surface area contributed by atoms with Gasteiger partial charge in [-0.1, -0.05) is 12.1 Å². The Morgan fingerprint density at radius 3 is 2.86 bits per heavy atom. The number of fused-ring (bicyclic) bond motifs is 6. The number of rotatable bonds is 2. The van der Waals surface area contributed by atoms with Crippen LogP contribution in [0, 0.1) is 5.92 Å². The summed E-state index contributed by atoms with van der Waals surface area (Å²) in [7, 11) is 0. The van der Waals surface area contributed by atoms with Crippen molar-refractivity contribution < 1.29 is 19.1 Å². The molecule has 0 radical (unpaired) electrons. The molecule has 1 saturated heterocycles. The van der Waals surface area contributed by atoms with Crippen LogP contribution >= 0.6 is 0 Å². The summed E-state index contributed by atoms with van der Waals surface area (Å²) in [4.78, 5) is 18.0. The molecule has 0 bridgehead atoms. The van der Waals surface area contributed by atoms with Gasteiger partial charge in [-0.15, -0.1) is 0 Å². The molecule has 0 amide bonds. The average Bonchev–Trinajstić information content (AvgIpc) is 2.70. The maximum Gasteiger partial charge on any atom is 0.360 e. The molecule has 0 atom stereocenters. The highest BCUT2D eigenvalue weighted by atomic mass is 16.5. The van der Waals surface area contributed by atoms with Crippen LogP contribution in [0.1, 0.15) is 5.56 Å². The van der Waals surface area contributed by atoms with Crippen LogP contribution in [0.5, 0.6) is 5.75 Å². The van der Waals surface area contributed by atoms with Gasteiger partial charge in [0.05, 0.1) is 17.0 Å². The van der Waals surface area contributed by atoms with Gasteiger partial charge in [0.25, 0.3) is 0 Å². The van der Waals surface area contributed by atoms with Gasteiger partial charge in [0.1, 0.15) is 12.4 Å². The first-order valence-electron chi connectivity index (χ1n) is 9.55. The van der Waals surface area contributed by atoms with Crippen molar-refractivity contribution in [2.24, 2.45) is 5.92 Å². The predicted molar refractivity (Wildman–Crippen MR) is 109 cm³/mol. The lowest BCUT2D eigenvalue weighted by Gasteiger charge is -2.39. The molecule has 2 aromatic carbocycles. The number of carboxylic acids is 1. The molecule has 0 saturated carbocycles. The lowest BCUT2D eigenvalue weighted by Crippen LogP contribution is -2.50. The minimum atomic E-state index is -0.738. The first-order valence-corrected chi connectivity index (χ1v) is 9.55. The number of benzene rings is 2. The van der Waals surface area contributed by atoms with Crippen molar-refractivity contribution in [1.29, 1.82) is 0 Å². The van der Waals surface area contributed by atoms with E-state index < -0.39 is 5.97 Å². The smallest absolute Gasteiger partial charge is 0.360 e. The average molecular weight is 385 g/mol. The fraction of sp³-hybridized carbons (Fsp3) is 0.174. The molecule has 4 aromatic rings. The van der Waals surface area contributed by atoms with Crippen molar-refractivity contribution in [3.63, 3.8) is 0 Å². The van der Waals surface area contributed by atoms with Gasteiger partial charge in [0, 0.05) is 47.4 Å². The minimum absolute atomic E-state index is 0.292. The molecule has 142 valence electrons. The normalized spacial score (nSPS) is 15.5. The molecule has 0 aliphatic carbocycles. The molecular formula is C23H17N2O4+. The van der Waals surface area contributed by atoms with E-state index in [1.54, 1.807) is 6.26 Å². The Balaban J connectivity index is 1.42. The lowest BCUT2D eigenvalue weighted by atomic mass is 9.97. The highest BCUT2D eigenvalue weighted by molar-refractivity contribution is 6.04. The largest absolute Gasteiger partial charge is 0.488 e. The standard InChI is InChI=1S/C23H16N2O4/c26-23(27)14-9-25(10-14)15-5-6-17-21(8-15)28-11-13-7-18-16-3-1-2-4-20(16)29-12-19(18)24-22(13)17/h1-8,12,14H,9-11H2/p+1. The maximum atomic E-state index is 11.1. The molecule has 29 heavy (non-hydrogen) atoms. The molecule has 6 rings (SSSR count). The number of para-hydroxylation sites is 1. The quantitative estimate of drug-likeness (QED) is 0.409. The summed E-state index contributed by atoms with van der Waals surface area (Å²) >= 11 is 0. The fourth-order valence-corrected chi connectivity index (χ4v) is 4.15. The summed E-state index contributed by atoms with van der Waals surface area (Å²) in [5, 5.41) is 11.2. The zero-order valence-electron chi connectivity index (χ0n) is 15.5. The van der Waals surface area contributed by atoms with Gasteiger partial charge < -0.3 is 14.7 Å². The summed E-state index contributed by atoms with van der Waals surface area (Å²) in [5.41, 5.74) is 5.52. The third kappa shape index (κ3) is 2.45. The molecule has 0 spiro atoms. The first-order chi connectivity index (χ1) is 14.2. The third-order valence-electron chi connectivity index (χ3n) is 5.81. The number of nitrogens with zero attached hydrogens (tertiary/aromatic N) is 2. The molecule has 6 heteroatoms. The summed E-state index contributed by atoms with van der Waals surface area (Å²) in [6.07, 6.45) is 1.70. The van der Waals surface area contributed by atoms with E-state index in [4.69, 9.17) is 19.2 Å². The van der Waals surface area contributed by atoms with Gasteiger partial charge in [-0.3, -0.25) is 4.79 Å². The number of carboxylic acid groups (broad SMARTS) is 1. The third-order valence-corrected chi connectivity index (χ3v) is 5.81. The van der Waals surface area contributed by atoms with Crippen molar-refractivity contribution in [1.82, 2.24) is 4.98 Å². The maximum absolute atomic E-state index is 11.1. The SMILES string of the molecule is O=C(O)C1CN(c2ccc3c(c2)OCc2cc4c(c[o+]c5ccccc54)nc2-3)C1. The van der Waals surface area contributed by atoms with Crippen molar-refractivity contribution in [2.45, 2.75) is 6.61 Å². The number of hydrogen-bond acceptors (Lipinski definition) is 4. The topological polar surface area (TPSA) is 74.0 Å². The highest BCUT2D eigenvalue weighted by Crippen LogP contribution is 2.41. The molecule has 4 heterocycles. The number of hydrogen-bond donors (Lipinski definition) is 1. The number of ether oxygens (including phenoxy) is 1. The van der Waals surface area contributed by atoms with Crippen LogP contribution in [0.4, 0.5) is 5.69 Å². The van der Waals surface area contributed by atoms with Crippen LogP contribution in [-0.4, -0.2) is 29.1 Å². The van der Waals surface area contributed by atoms with Gasteiger partial charge in [-0.25, -0.2) is 9.40 Å². The van der Waals surface area contributed by atoms with Crippen molar-refractivity contribution in [3.05, 3.63) is 60.4 Å². The van der Waals surface area contributed by atoms with Crippen molar-refractivity contribution >= 4 is 33.5 Å². The second-order valence-electron chi connectivity index (χ2n) is 7.57. The molecule has 6 nitrogen and oxygen atoms in total. The molecular weight excluding hydrogens is 368 g/mol. The van der Waals surface area contributed by atoms with E-state index in [9.17, 15) is 4.79 Å². The molecule has 2 aliphatic rings. The van der Waals surface area contributed by atoms with Crippen LogP contribution in [0.15, 0.2) is 59.2 Å². The zero-order chi connectivity index (χ0) is 19.5. The van der Waals surface area contributed by atoms with Gasteiger partial charge >= 0.3 is 17.8 Å². The van der Waals surface area contributed by atoms with E-state index in [0.29, 0.717) is 19.7 Å². The van der Waals surface area contributed by atoms with Gasteiger partial charge in [0.15, 0.2) is 5.52 Å². The second-order valence-corrected chi connectivity index (χ2v) is 7.57. The number of aliphatic carboxylic acids is 1. The minimum Gasteiger partial charge on any atom is -0.488 e. The van der Waals surface area contributed by atoms with Gasteiger partial charge in [-0.2, -0.15) is 0 Å². The van der Waals surface area contributed by atoms with Crippen LogP contribution < -0.4 is 9.64 Å². The van der Waals surface area contributed by atoms with E-state index >= 15 is 0 Å². The van der Waals surface area contributed by atoms with Gasteiger partial charge in [0.2, 0.25) is 0 Å². The summed E-state index contributed by atoms with van der Waals surface area (Å²) in [6.45, 7) is 1.51. The zero-order valence-corrected chi connectivity index (χ0v) is 15.5. The molecule has 1 N–H and O–H groups in total. The Hall–Kier alpha value is -3.67. The lowest BCUT2D eigenvalue weighted by molar-refractivity contribution is -0.142. The summed E-state index contributed by atoms with van der Waals surface area (Å²) in [6, 6.07) is 16.1. The van der Waals surface area contributed by atoms with Gasteiger partial charge in [-0.05, 0) is 24.3 Å². The first kappa shape index (κ1) is 16.3. The Labute approximate surface area is 166 Å².